The van der Waals surface area contributed by atoms with Crippen LogP contribution in [0.15, 0.2) is 91.0 Å². The molecule has 4 aromatic carbocycles. The van der Waals surface area contributed by atoms with Crippen molar-refractivity contribution < 1.29 is 19.4 Å². The minimum atomic E-state index is -0.948. The molecule has 0 unspecified atom stereocenters. The second-order valence-electron chi connectivity index (χ2n) is 10.1. The Morgan fingerprint density at radius 3 is 2.42 bits per heavy atom. The third kappa shape index (κ3) is 5.68. The highest BCUT2D eigenvalue weighted by Crippen LogP contribution is 2.37. The number of aromatic nitrogens is 2. The molecule has 5 aromatic rings. The zero-order valence-electron chi connectivity index (χ0n) is 21.9. The van der Waals surface area contributed by atoms with E-state index in [1.165, 1.54) is 19.3 Å². The lowest BCUT2D eigenvalue weighted by Gasteiger charge is -2.25. The molecule has 0 atom stereocenters. The maximum absolute atomic E-state index is 11.6. The van der Waals surface area contributed by atoms with Crippen LogP contribution in [0.25, 0.3) is 22.4 Å². The maximum Gasteiger partial charge on any atom is 0.335 e. The van der Waals surface area contributed by atoms with Crippen LogP contribution in [0.1, 0.15) is 54.1 Å². The SMILES string of the molecule is O=C(O)c1ccc2c(c1)nc(-c1ccc(Oc3cccc(OCc4cccc(Cl)c4)c3)cc1)n2C1CCCCC1. The number of ether oxygens (including phenoxy) is 2. The highest BCUT2D eigenvalue weighted by Gasteiger charge is 2.23. The topological polar surface area (TPSA) is 73.6 Å². The first kappa shape index (κ1) is 26.0. The molecule has 1 aliphatic rings. The minimum absolute atomic E-state index is 0.245. The lowest BCUT2D eigenvalue weighted by Crippen LogP contribution is -2.14. The van der Waals surface area contributed by atoms with Gasteiger partial charge in [0.25, 0.3) is 0 Å². The van der Waals surface area contributed by atoms with Gasteiger partial charge in [-0.05, 0) is 85.1 Å². The number of benzene rings is 4. The Kier molecular flexibility index (Phi) is 7.43. The van der Waals surface area contributed by atoms with E-state index in [0.717, 1.165) is 35.3 Å². The standard InChI is InChI=1S/C33H29ClN2O4/c34-25-7-4-6-22(18-25)21-39-28-10-5-11-29(20-28)40-27-15-12-23(13-16-27)32-35-30-19-24(33(37)38)14-17-31(30)36(32)26-8-2-1-3-9-26/h4-7,10-20,26H,1-3,8-9,21H2,(H,37,38). The van der Waals surface area contributed by atoms with Gasteiger partial charge in [-0.25, -0.2) is 9.78 Å². The third-order valence-electron chi connectivity index (χ3n) is 7.32. The van der Waals surface area contributed by atoms with E-state index in [1.807, 2.05) is 78.9 Å². The lowest BCUT2D eigenvalue weighted by atomic mass is 9.95. The number of imidazole rings is 1. The average molecular weight is 553 g/mol. The molecule has 0 bridgehead atoms. The van der Waals surface area contributed by atoms with Crippen molar-refractivity contribution in [2.45, 2.75) is 44.8 Å². The van der Waals surface area contributed by atoms with Gasteiger partial charge in [-0.3, -0.25) is 0 Å². The van der Waals surface area contributed by atoms with Crippen molar-refractivity contribution in [1.29, 1.82) is 0 Å². The Balaban J connectivity index is 1.23. The normalized spacial score (nSPS) is 13.8. The predicted octanol–water partition coefficient (Wildman–Crippen LogP) is 8.93. The molecule has 202 valence electrons. The fourth-order valence-corrected chi connectivity index (χ4v) is 5.59. The Morgan fingerprint density at radius 2 is 1.65 bits per heavy atom. The fraction of sp³-hybridized carbons (Fsp3) is 0.212. The Morgan fingerprint density at radius 1 is 0.875 bits per heavy atom. The molecular weight excluding hydrogens is 524 g/mol. The first-order valence-corrected chi connectivity index (χ1v) is 13.9. The van der Waals surface area contributed by atoms with E-state index in [-0.39, 0.29) is 5.56 Å². The van der Waals surface area contributed by atoms with E-state index in [1.54, 1.807) is 12.1 Å². The molecule has 6 nitrogen and oxygen atoms in total. The largest absolute Gasteiger partial charge is 0.489 e. The van der Waals surface area contributed by atoms with Gasteiger partial charge < -0.3 is 19.1 Å². The molecule has 0 saturated heterocycles. The van der Waals surface area contributed by atoms with Gasteiger partial charge in [0, 0.05) is 22.7 Å². The lowest BCUT2D eigenvalue weighted by molar-refractivity contribution is 0.0697. The third-order valence-corrected chi connectivity index (χ3v) is 7.56. The molecule has 1 aromatic heterocycles. The van der Waals surface area contributed by atoms with E-state index in [9.17, 15) is 9.90 Å². The smallest absolute Gasteiger partial charge is 0.335 e. The van der Waals surface area contributed by atoms with E-state index in [4.69, 9.17) is 26.1 Å². The molecule has 7 heteroatoms. The highest BCUT2D eigenvalue weighted by atomic mass is 35.5. The summed E-state index contributed by atoms with van der Waals surface area (Å²) >= 11 is 6.08. The molecule has 6 rings (SSSR count). The summed E-state index contributed by atoms with van der Waals surface area (Å²) in [6.45, 7) is 0.411. The summed E-state index contributed by atoms with van der Waals surface area (Å²) in [4.78, 5) is 16.5. The van der Waals surface area contributed by atoms with E-state index in [0.29, 0.717) is 40.4 Å². The van der Waals surface area contributed by atoms with E-state index < -0.39 is 5.97 Å². The van der Waals surface area contributed by atoms with Crippen LogP contribution < -0.4 is 9.47 Å². The first-order valence-electron chi connectivity index (χ1n) is 13.5. The number of carboxylic acid groups (broad SMARTS) is 1. The number of carboxylic acids is 1. The summed E-state index contributed by atoms with van der Waals surface area (Å²) in [5.41, 5.74) is 3.88. The van der Waals surface area contributed by atoms with Crippen LogP contribution in [0.5, 0.6) is 17.2 Å². The van der Waals surface area contributed by atoms with E-state index in [2.05, 4.69) is 4.57 Å². The number of rotatable bonds is 8. The van der Waals surface area contributed by atoms with Crippen molar-refractivity contribution >= 4 is 28.6 Å². The van der Waals surface area contributed by atoms with Crippen LogP contribution in [-0.4, -0.2) is 20.6 Å². The first-order chi connectivity index (χ1) is 19.5. The molecule has 0 aliphatic heterocycles. The molecular formula is C33H29ClN2O4. The quantitative estimate of drug-likeness (QED) is 0.208. The van der Waals surface area contributed by atoms with E-state index >= 15 is 0 Å². The van der Waals surface area contributed by atoms with Crippen LogP contribution in [0.2, 0.25) is 5.02 Å². The summed E-state index contributed by atoms with van der Waals surface area (Å²) in [6, 6.07) is 28.6. The predicted molar refractivity (Wildman–Crippen MR) is 157 cm³/mol. The van der Waals surface area contributed by atoms with Gasteiger partial charge >= 0.3 is 5.97 Å². The summed E-state index contributed by atoms with van der Waals surface area (Å²) < 4.78 is 14.4. The van der Waals surface area contributed by atoms with Crippen LogP contribution in [0, 0.1) is 0 Å². The van der Waals surface area contributed by atoms with Crippen LogP contribution in [-0.2, 0) is 6.61 Å². The molecule has 0 spiro atoms. The Bertz CT molecular complexity index is 1660. The summed E-state index contributed by atoms with van der Waals surface area (Å²) in [6.07, 6.45) is 5.81. The van der Waals surface area contributed by atoms with Crippen molar-refractivity contribution in [3.05, 3.63) is 107 Å². The second kappa shape index (κ2) is 11.4. The second-order valence-corrected chi connectivity index (χ2v) is 10.6. The molecule has 0 radical (unpaired) electrons. The number of aromatic carboxylic acids is 1. The number of carbonyl (C=O) groups is 1. The van der Waals surface area contributed by atoms with Crippen molar-refractivity contribution in [2.24, 2.45) is 0 Å². The van der Waals surface area contributed by atoms with Gasteiger partial charge in [0.05, 0.1) is 16.6 Å². The molecule has 1 aliphatic carbocycles. The molecule has 1 N–H and O–H groups in total. The van der Waals surface area contributed by atoms with Crippen molar-refractivity contribution in [1.82, 2.24) is 9.55 Å². The maximum atomic E-state index is 11.6. The van der Waals surface area contributed by atoms with Crippen LogP contribution >= 0.6 is 11.6 Å². The van der Waals surface area contributed by atoms with Gasteiger partial charge in [0.15, 0.2) is 0 Å². The van der Waals surface area contributed by atoms with Crippen molar-refractivity contribution in [3.63, 3.8) is 0 Å². The molecule has 40 heavy (non-hydrogen) atoms. The van der Waals surface area contributed by atoms with Crippen LogP contribution in [0.3, 0.4) is 0 Å². The zero-order chi connectivity index (χ0) is 27.5. The molecule has 0 amide bonds. The van der Waals surface area contributed by atoms with Gasteiger partial charge in [-0.1, -0.05) is 49.1 Å². The summed E-state index contributed by atoms with van der Waals surface area (Å²) in [7, 11) is 0. The summed E-state index contributed by atoms with van der Waals surface area (Å²) in [5, 5.41) is 10.2. The fourth-order valence-electron chi connectivity index (χ4n) is 5.37. The molecule has 1 heterocycles. The monoisotopic (exact) mass is 552 g/mol. The molecule has 1 fully saturated rings. The van der Waals surface area contributed by atoms with Crippen molar-refractivity contribution in [2.75, 3.05) is 0 Å². The number of nitrogens with zero attached hydrogens (tertiary/aromatic N) is 2. The van der Waals surface area contributed by atoms with Gasteiger partial charge in [0.2, 0.25) is 0 Å². The molecule has 1 saturated carbocycles. The number of hydrogen-bond donors (Lipinski definition) is 1. The average Bonchev–Trinajstić information content (AvgIpc) is 3.36. The van der Waals surface area contributed by atoms with Crippen molar-refractivity contribution in [3.8, 4) is 28.6 Å². The zero-order valence-corrected chi connectivity index (χ0v) is 22.7. The minimum Gasteiger partial charge on any atom is -0.489 e. The van der Waals surface area contributed by atoms with Gasteiger partial charge in [-0.15, -0.1) is 0 Å². The van der Waals surface area contributed by atoms with Gasteiger partial charge in [-0.2, -0.15) is 0 Å². The highest BCUT2D eigenvalue weighted by molar-refractivity contribution is 6.30. The summed E-state index contributed by atoms with van der Waals surface area (Å²) in [5.74, 6) is 1.98. The number of halogens is 1. The Hall–Kier alpha value is -4.29. The number of fused-ring (bicyclic) bond motifs is 1. The number of hydrogen-bond acceptors (Lipinski definition) is 4. The van der Waals surface area contributed by atoms with Gasteiger partial charge in [0.1, 0.15) is 29.7 Å². The van der Waals surface area contributed by atoms with Crippen LogP contribution in [0.4, 0.5) is 0 Å². The Labute approximate surface area is 237 Å².